The Morgan fingerprint density at radius 1 is 1.19 bits per heavy atom. The number of aromatic amines is 1. The van der Waals surface area contributed by atoms with Gasteiger partial charge in [-0.1, -0.05) is 18.2 Å². The van der Waals surface area contributed by atoms with Gasteiger partial charge in [-0.05, 0) is 51.3 Å². The number of H-pyrrole nitrogens is 1. The molecule has 138 valence electrons. The summed E-state index contributed by atoms with van der Waals surface area (Å²) in [7, 11) is 0. The molecule has 0 aliphatic carbocycles. The quantitative estimate of drug-likeness (QED) is 0.604. The van der Waals surface area contributed by atoms with Crippen molar-refractivity contribution in [1.29, 1.82) is 0 Å². The predicted octanol–water partition coefficient (Wildman–Crippen LogP) is 3.72. The SMILES string of the molecule is CC(=O)c1c(C)[nH]c(C(=O)[C@H](C)OC(=O)CCc2ccccc2F)c1C. The summed E-state index contributed by atoms with van der Waals surface area (Å²) in [5, 5.41) is 0. The minimum atomic E-state index is -1.00. The first kappa shape index (κ1) is 19.6. The fraction of sp³-hybridized carbons (Fsp3) is 0.350. The molecule has 0 saturated heterocycles. The number of ketones is 2. The maximum atomic E-state index is 13.6. The van der Waals surface area contributed by atoms with Gasteiger partial charge in [0.15, 0.2) is 11.9 Å². The third-order valence-electron chi connectivity index (χ3n) is 4.27. The van der Waals surface area contributed by atoms with E-state index in [0.29, 0.717) is 22.4 Å². The minimum Gasteiger partial charge on any atom is -0.454 e. The number of benzene rings is 1. The number of carbonyl (C=O) groups excluding carboxylic acids is 3. The van der Waals surface area contributed by atoms with Crippen molar-refractivity contribution in [2.45, 2.75) is 46.6 Å². The van der Waals surface area contributed by atoms with Crippen LogP contribution in [0.3, 0.4) is 0 Å². The highest BCUT2D eigenvalue weighted by atomic mass is 19.1. The lowest BCUT2D eigenvalue weighted by atomic mass is 10.0. The van der Waals surface area contributed by atoms with E-state index in [9.17, 15) is 18.8 Å². The average Bonchev–Trinajstić information content (AvgIpc) is 2.87. The van der Waals surface area contributed by atoms with Gasteiger partial charge in [0.1, 0.15) is 5.82 Å². The molecule has 0 radical (unpaired) electrons. The number of hydrogen-bond acceptors (Lipinski definition) is 4. The van der Waals surface area contributed by atoms with E-state index in [-0.39, 0.29) is 30.1 Å². The topological polar surface area (TPSA) is 76.2 Å². The number of ether oxygens (including phenoxy) is 1. The number of rotatable bonds is 7. The van der Waals surface area contributed by atoms with Crippen molar-refractivity contribution in [2.24, 2.45) is 0 Å². The molecule has 0 bridgehead atoms. The molecule has 6 heteroatoms. The van der Waals surface area contributed by atoms with Crippen molar-refractivity contribution in [3.63, 3.8) is 0 Å². The van der Waals surface area contributed by atoms with Crippen LogP contribution in [0.5, 0.6) is 0 Å². The van der Waals surface area contributed by atoms with Gasteiger partial charge < -0.3 is 9.72 Å². The summed E-state index contributed by atoms with van der Waals surface area (Å²) in [5.74, 6) is -1.50. The average molecular weight is 359 g/mol. The molecule has 1 aromatic heterocycles. The zero-order valence-electron chi connectivity index (χ0n) is 15.3. The lowest BCUT2D eigenvalue weighted by Crippen LogP contribution is -2.25. The molecule has 2 aromatic rings. The van der Waals surface area contributed by atoms with Crippen molar-refractivity contribution in [2.75, 3.05) is 0 Å². The maximum absolute atomic E-state index is 13.6. The van der Waals surface area contributed by atoms with Crippen LogP contribution in [-0.2, 0) is 16.0 Å². The number of carbonyl (C=O) groups is 3. The fourth-order valence-corrected chi connectivity index (χ4v) is 2.98. The normalized spacial score (nSPS) is 11.9. The first-order valence-corrected chi connectivity index (χ1v) is 8.39. The zero-order valence-corrected chi connectivity index (χ0v) is 15.3. The Balaban J connectivity index is 2.01. The number of aryl methyl sites for hydroxylation is 2. The lowest BCUT2D eigenvalue weighted by Gasteiger charge is -2.12. The van der Waals surface area contributed by atoms with E-state index in [0.717, 1.165) is 0 Å². The van der Waals surface area contributed by atoms with Crippen molar-refractivity contribution in [1.82, 2.24) is 4.98 Å². The second kappa shape index (κ2) is 8.08. The Hall–Kier alpha value is -2.76. The van der Waals surface area contributed by atoms with E-state index < -0.39 is 17.9 Å². The highest BCUT2D eigenvalue weighted by Gasteiger charge is 2.25. The molecule has 5 nitrogen and oxygen atoms in total. The van der Waals surface area contributed by atoms with E-state index in [2.05, 4.69) is 4.98 Å². The third kappa shape index (κ3) is 4.25. The number of hydrogen-bond donors (Lipinski definition) is 1. The largest absolute Gasteiger partial charge is 0.454 e. The number of Topliss-reactive ketones (excluding diaryl/α,β-unsaturated/α-hetero) is 2. The van der Waals surface area contributed by atoms with Gasteiger partial charge in [-0.3, -0.25) is 14.4 Å². The molecule has 0 aliphatic heterocycles. The summed E-state index contributed by atoms with van der Waals surface area (Å²) in [6, 6.07) is 6.20. The van der Waals surface area contributed by atoms with Gasteiger partial charge in [0.25, 0.3) is 0 Å². The van der Waals surface area contributed by atoms with Gasteiger partial charge in [-0.25, -0.2) is 4.39 Å². The molecular weight excluding hydrogens is 337 g/mol. The molecule has 0 unspecified atom stereocenters. The van der Waals surface area contributed by atoms with Crippen molar-refractivity contribution < 1.29 is 23.5 Å². The molecule has 0 spiro atoms. The van der Waals surface area contributed by atoms with E-state index >= 15 is 0 Å². The van der Waals surface area contributed by atoms with Crippen LogP contribution in [0.15, 0.2) is 24.3 Å². The van der Waals surface area contributed by atoms with Crippen LogP contribution in [0.2, 0.25) is 0 Å². The number of esters is 1. The van der Waals surface area contributed by atoms with E-state index in [4.69, 9.17) is 4.74 Å². The predicted molar refractivity (Wildman–Crippen MR) is 94.9 cm³/mol. The summed E-state index contributed by atoms with van der Waals surface area (Å²) in [6.45, 7) is 6.31. The highest BCUT2D eigenvalue weighted by Crippen LogP contribution is 2.20. The van der Waals surface area contributed by atoms with Gasteiger partial charge in [0.2, 0.25) is 5.78 Å². The van der Waals surface area contributed by atoms with E-state index in [1.165, 1.54) is 19.9 Å². The first-order valence-electron chi connectivity index (χ1n) is 8.39. The molecule has 1 heterocycles. The lowest BCUT2D eigenvalue weighted by molar-refractivity contribution is -0.146. The molecule has 26 heavy (non-hydrogen) atoms. The minimum absolute atomic E-state index is 0.0278. The molecular formula is C20H22FNO4. The van der Waals surface area contributed by atoms with Crippen LogP contribution >= 0.6 is 0 Å². The van der Waals surface area contributed by atoms with Crippen molar-refractivity contribution in [3.05, 3.63) is 58.2 Å². The molecule has 0 fully saturated rings. The highest BCUT2D eigenvalue weighted by molar-refractivity contribution is 6.05. The summed E-state index contributed by atoms with van der Waals surface area (Å²) in [5.41, 5.74) is 2.32. The van der Waals surface area contributed by atoms with Crippen LogP contribution < -0.4 is 0 Å². The number of aromatic nitrogens is 1. The molecule has 0 aliphatic rings. The second-order valence-corrected chi connectivity index (χ2v) is 6.27. The monoisotopic (exact) mass is 359 g/mol. The fourth-order valence-electron chi connectivity index (χ4n) is 2.98. The Kier molecular flexibility index (Phi) is 6.08. The number of nitrogens with one attached hydrogen (secondary N) is 1. The Morgan fingerprint density at radius 3 is 2.42 bits per heavy atom. The standard InChI is InChI=1S/C20H22FNO4/c1-11-18(13(3)23)12(2)22-19(11)20(25)14(4)26-17(24)10-9-15-7-5-6-8-16(15)21/h5-8,14,22H,9-10H2,1-4H3/t14-/m0/s1. The van der Waals surface area contributed by atoms with Gasteiger partial charge in [-0.15, -0.1) is 0 Å². The maximum Gasteiger partial charge on any atom is 0.306 e. The van der Waals surface area contributed by atoms with Crippen LogP contribution in [0.1, 0.15) is 57.9 Å². The van der Waals surface area contributed by atoms with Crippen molar-refractivity contribution in [3.8, 4) is 0 Å². The summed E-state index contributed by atoms with van der Waals surface area (Å²) in [6.07, 6.45) is -0.832. The van der Waals surface area contributed by atoms with E-state index in [1.54, 1.807) is 32.0 Å². The number of halogens is 1. The zero-order chi connectivity index (χ0) is 19.4. The molecule has 1 aromatic carbocycles. The smallest absolute Gasteiger partial charge is 0.306 e. The first-order chi connectivity index (χ1) is 12.2. The van der Waals surface area contributed by atoms with Crippen LogP contribution in [-0.4, -0.2) is 28.6 Å². The Morgan fingerprint density at radius 2 is 1.85 bits per heavy atom. The van der Waals surface area contributed by atoms with Gasteiger partial charge in [0, 0.05) is 17.7 Å². The second-order valence-electron chi connectivity index (χ2n) is 6.27. The molecule has 1 N–H and O–H groups in total. The molecule has 1 atom stereocenters. The van der Waals surface area contributed by atoms with Crippen LogP contribution in [0.25, 0.3) is 0 Å². The molecule has 2 rings (SSSR count). The van der Waals surface area contributed by atoms with Gasteiger partial charge >= 0.3 is 5.97 Å². The molecule has 0 saturated carbocycles. The Labute approximate surface area is 151 Å². The van der Waals surface area contributed by atoms with Gasteiger partial charge in [-0.2, -0.15) is 0 Å². The van der Waals surface area contributed by atoms with Gasteiger partial charge in [0.05, 0.1) is 5.69 Å². The van der Waals surface area contributed by atoms with Crippen LogP contribution in [0.4, 0.5) is 4.39 Å². The summed E-state index contributed by atoms with van der Waals surface area (Å²) in [4.78, 5) is 39.1. The Bertz CT molecular complexity index is 853. The van der Waals surface area contributed by atoms with Crippen LogP contribution in [0, 0.1) is 19.7 Å². The van der Waals surface area contributed by atoms with Crippen molar-refractivity contribution >= 4 is 17.5 Å². The van der Waals surface area contributed by atoms with E-state index in [1.807, 2.05) is 0 Å². The molecule has 0 amide bonds. The summed E-state index contributed by atoms with van der Waals surface area (Å²) < 4.78 is 18.7. The summed E-state index contributed by atoms with van der Waals surface area (Å²) >= 11 is 0. The third-order valence-corrected chi connectivity index (χ3v) is 4.27.